The second kappa shape index (κ2) is 4.61. The highest BCUT2D eigenvalue weighted by Crippen LogP contribution is 2.17. The van der Waals surface area contributed by atoms with Gasteiger partial charge in [-0.2, -0.15) is 4.98 Å². The summed E-state index contributed by atoms with van der Waals surface area (Å²) in [6.07, 6.45) is 2.28. The van der Waals surface area contributed by atoms with Crippen molar-refractivity contribution in [3.8, 4) is 11.6 Å². The van der Waals surface area contributed by atoms with E-state index >= 15 is 0 Å². The highest BCUT2D eigenvalue weighted by atomic mass is 16.5. The minimum absolute atomic E-state index is 0.113. The maximum absolute atomic E-state index is 11.8. The number of aromatic nitrogens is 3. The maximum atomic E-state index is 11.8. The van der Waals surface area contributed by atoms with E-state index in [1.165, 1.54) is 0 Å². The van der Waals surface area contributed by atoms with Crippen LogP contribution in [0.2, 0.25) is 0 Å². The average Bonchev–Trinajstić information content (AvgIpc) is 3.12. The summed E-state index contributed by atoms with van der Waals surface area (Å²) in [7, 11) is 0. The summed E-state index contributed by atoms with van der Waals surface area (Å²) in [6.45, 7) is 1.09. The minimum Gasteiger partial charge on any atom is -0.461 e. The highest BCUT2D eigenvalue weighted by Gasteiger charge is 2.24. The molecule has 1 saturated heterocycles. The van der Waals surface area contributed by atoms with Gasteiger partial charge in [-0.15, -0.1) is 5.10 Å². The third-order valence-electron chi connectivity index (χ3n) is 2.78. The Kier molecular flexibility index (Phi) is 2.81. The predicted octanol–water partition coefficient (Wildman–Crippen LogP) is 1.04. The molecule has 0 radical (unpaired) electrons. The lowest BCUT2D eigenvalue weighted by Gasteiger charge is -2.05. The number of amides is 1. The van der Waals surface area contributed by atoms with E-state index in [0.717, 1.165) is 6.42 Å². The number of rotatable bonds is 3. The smallest absolute Gasteiger partial charge is 0.249 e. The summed E-state index contributed by atoms with van der Waals surface area (Å²) in [5.74, 6) is 1.08. The van der Waals surface area contributed by atoms with Crippen molar-refractivity contribution in [3.63, 3.8) is 0 Å². The van der Waals surface area contributed by atoms with Crippen LogP contribution in [0.3, 0.4) is 0 Å². The van der Waals surface area contributed by atoms with Gasteiger partial charge in [-0.1, -0.05) is 0 Å². The van der Waals surface area contributed by atoms with E-state index in [1.807, 2.05) is 0 Å². The van der Waals surface area contributed by atoms with E-state index in [0.29, 0.717) is 24.8 Å². The first-order valence-corrected chi connectivity index (χ1v) is 5.68. The molecule has 2 aromatic heterocycles. The SMILES string of the molecule is O=C(Nc1n[nH]c(-c2ccco2)n1)C1CCOC1. The normalized spacial score (nSPS) is 19.0. The number of ether oxygens (including phenoxy) is 1. The molecule has 1 fully saturated rings. The molecule has 94 valence electrons. The lowest BCUT2D eigenvalue weighted by molar-refractivity contribution is -0.119. The van der Waals surface area contributed by atoms with Gasteiger partial charge in [0.15, 0.2) is 11.6 Å². The summed E-state index contributed by atoms with van der Waals surface area (Å²) in [4.78, 5) is 15.9. The van der Waals surface area contributed by atoms with Gasteiger partial charge in [0.25, 0.3) is 0 Å². The van der Waals surface area contributed by atoms with E-state index in [-0.39, 0.29) is 17.8 Å². The largest absolute Gasteiger partial charge is 0.461 e. The van der Waals surface area contributed by atoms with Crippen molar-refractivity contribution < 1.29 is 13.9 Å². The minimum atomic E-state index is -0.115. The molecule has 7 heteroatoms. The van der Waals surface area contributed by atoms with Crippen LogP contribution in [0.4, 0.5) is 5.95 Å². The number of H-pyrrole nitrogens is 1. The molecule has 0 spiro atoms. The molecule has 1 unspecified atom stereocenters. The van der Waals surface area contributed by atoms with Crippen molar-refractivity contribution in [3.05, 3.63) is 18.4 Å². The topological polar surface area (TPSA) is 93.0 Å². The van der Waals surface area contributed by atoms with Gasteiger partial charge in [0, 0.05) is 6.61 Å². The van der Waals surface area contributed by atoms with Crippen molar-refractivity contribution in [2.24, 2.45) is 5.92 Å². The highest BCUT2D eigenvalue weighted by molar-refractivity contribution is 5.91. The lowest BCUT2D eigenvalue weighted by Crippen LogP contribution is -2.23. The number of hydrogen-bond acceptors (Lipinski definition) is 5. The summed E-state index contributed by atoms with van der Waals surface area (Å²) in [5.41, 5.74) is 0. The molecule has 7 nitrogen and oxygen atoms in total. The van der Waals surface area contributed by atoms with Gasteiger partial charge in [-0.3, -0.25) is 15.2 Å². The van der Waals surface area contributed by atoms with Crippen molar-refractivity contribution >= 4 is 11.9 Å². The summed E-state index contributed by atoms with van der Waals surface area (Å²) < 4.78 is 10.3. The zero-order chi connectivity index (χ0) is 12.4. The second-order valence-electron chi connectivity index (χ2n) is 4.03. The van der Waals surface area contributed by atoms with Gasteiger partial charge in [0.2, 0.25) is 11.9 Å². The first-order valence-electron chi connectivity index (χ1n) is 5.68. The van der Waals surface area contributed by atoms with Gasteiger partial charge in [-0.25, -0.2) is 0 Å². The second-order valence-corrected chi connectivity index (χ2v) is 4.03. The quantitative estimate of drug-likeness (QED) is 0.846. The Balaban J connectivity index is 1.68. The zero-order valence-electron chi connectivity index (χ0n) is 9.55. The Bertz CT molecular complexity index is 528. The third kappa shape index (κ3) is 2.12. The van der Waals surface area contributed by atoms with Crippen LogP contribution in [0.1, 0.15) is 6.42 Å². The van der Waals surface area contributed by atoms with Crippen molar-refractivity contribution in [1.29, 1.82) is 0 Å². The Labute approximate surface area is 103 Å². The van der Waals surface area contributed by atoms with Crippen molar-refractivity contribution in [2.75, 3.05) is 18.5 Å². The number of hydrogen-bond donors (Lipinski definition) is 2. The van der Waals surface area contributed by atoms with Crippen LogP contribution in [0.15, 0.2) is 22.8 Å². The molecule has 2 aromatic rings. The van der Waals surface area contributed by atoms with E-state index in [1.54, 1.807) is 18.4 Å². The maximum Gasteiger partial charge on any atom is 0.249 e. The van der Waals surface area contributed by atoms with E-state index < -0.39 is 0 Å². The van der Waals surface area contributed by atoms with Crippen LogP contribution in [-0.4, -0.2) is 34.3 Å². The Morgan fingerprint density at radius 3 is 3.22 bits per heavy atom. The molecule has 3 heterocycles. The van der Waals surface area contributed by atoms with Crippen LogP contribution in [0, 0.1) is 5.92 Å². The molecule has 0 bridgehead atoms. The summed E-state index contributed by atoms with van der Waals surface area (Å²) >= 11 is 0. The first-order chi connectivity index (χ1) is 8.83. The van der Waals surface area contributed by atoms with Crippen LogP contribution >= 0.6 is 0 Å². The Morgan fingerprint density at radius 1 is 1.56 bits per heavy atom. The number of anilines is 1. The summed E-state index contributed by atoms with van der Waals surface area (Å²) in [5, 5.41) is 9.27. The van der Waals surface area contributed by atoms with E-state index in [2.05, 4.69) is 20.5 Å². The molecule has 1 atom stereocenters. The number of carbonyl (C=O) groups is 1. The summed E-state index contributed by atoms with van der Waals surface area (Å²) in [6, 6.07) is 3.52. The van der Waals surface area contributed by atoms with Gasteiger partial charge in [0.1, 0.15) is 0 Å². The molecule has 1 amide bonds. The van der Waals surface area contributed by atoms with Crippen molar-refractivity contribution in [2.45, 2.75) is 6.42 Å². The average molecular weight is 248 g/mol. The zero-order valence-corrected chi connectivity index (χ0v) is 9.55. The Morgan fingerprint density at radius 2 is 2.50 bits per heavy atom. The van der Waals surface area contributed by atoms with Crippen LogP contribution in [0.5, 0.6) is 0 Å². The lowest BCUT2D eigenvalue weighted by atomic mass is 10.1. The van der Waals surface area contributed by atoms with Crippen LogP contribution < -0.4 is 5.32 Å². The van der Waals surface area contributed by atoms with Crippen LogP contribution in [-0.2, 0) is 9.53 Å². The van der Waals surface area contributed by atoms with E-state index in [9.17, 15) is 4.79 Å². The molecule has 18 heavy (non-hydrogen) atoms. The molecule has 3 rings (SSSR count). The first kappa shape index (κ1) is 11.0. The van der Waals surface area contributed by atoms with Crippen LogP contribution in [0.25, 0.3) is 11.6 Å². The molecular weight excluding hydrogens is 236 g/mol. The molecular formula is C11H12N4O3. The molecule has 1 aliphatic heterocycles. The van der Waals surface area contributed by atoms with Gasteiger partial charge in [0.05, 0.1) is 18.8 Å². The fourth-order valence-electron chi connectivity index (χ4n) is 1.79. The van der Waals surface area contributed by atoms with Crippen molar-refractivity contribution in [1.82, 2.24) is 15.2 Å². The molecule has 0 aromatic carbocycles. The monoisotopic (exact) mass is 248 g/mol. The van der Waals surface area contributed by atoms with Gasteiger partial charge >= 0.3 is 0 Å². The van der Waals surface area contributed by atoms with Gasteiger partial charge < -0.3 is 9.15 Å². The molecule has 2 N–H and O–H groups in total. The number of aromatic amines is 1. The fraction of sp³-hybridized carbons (Fsp3) is 0.364. The molecule has 1 aliphatic rings. The fourth-order valence-corrected chi connectivity index (χ4v) is 1.79. The predicted molar refractivity (Wildman–Crippen MR) is 61.6 cm³/mol. The van der Waals surface area contributed by atoms with Gasteiger partial charge in [-0.05, 0) is 18.6 Å². The molecule has 0 aliphatic carbocycles. The third-order valence-corrected chi connectivity index (χ3v) is 2.78. The number of carbonyl (C=O) groups excluding carboxylic acids is 1. The van der Waals surface area contributed by atoms with E-state index in [4.69, 9.17) is 9.15 Å². The standard InChI is InChI=1S/C11H12N4O3/c16-10(7-3-5-17-6-7)13-11-12-9(14-15-11)8-2-1-4-18-8/h1-2,4,7H,3,5-6H2,(H2,12,13,14,15,16). The molecule has 0 saturated carbocycles. The number of nitrogens with one attached hydrogen (secondary N) is 2. The Hall–Kier alpha value is -2.15. The number of nitrogens with zero attached hydrogens (tertiary/aromatic N) is 2. The number of furan rings is 1.